The van der Waals surface area contributed by atoms with E-state index in [1.807, 2.05) is 31.2 Å². The van der Waals surface area contributed by atoms with Gasteiger partial charge in [0.05, 0.1) is 13.0 Å². The van der Waals surface area contributed by atoms with Gasteiger partial charge in [0.25, 0.3) is 4.80 Å². The Kier molecular flexibility index (Phi) is 3.56. The lowest BCUT2D eigenvalue weighted by atomic mass is 10.2. The van der Waals surface area contributed by atoms with E-state index in [0.717, 1.165) is 5.75 Å². The largest absolute Gasteiger partial charge is 0.493 e. The summed E-state index contributed by atoms with van der Waals surface area (Å²) in [6.07, 6.45) is 0.604. The van der Waals surface area contributed by atoms with E-state index in [-0.39, 0.29) is 0 Å². The molecule has 5 heteroatoms. The highest BCUT2D eigenvalue weighted by atomic mass is 79.9. The number of halogens is 1. The van der Waals surface area contributed by atoms with E-state index in [0.29, 0.717) is 23.7 Å². The SMILES string of the molecule is Cc1cccc(OCCc2nnc(Br)o2)c1. The molecule has 0 aliphatic rings. The molecule has 0 aliphatic carbocycles. The van der Waals surface area contributed by atoms with Crippen molar-refractivity contribution in [1.29, 1.82) is 0 Å². The van der Waals surface area contributed by atoms with Crippen LogP contribution in [0, 0.1) is 6.92 Å². The summed E-state index contributed by atoms with van der Waals surface area (Å²) in [4.78, 5) is 0.401. The molecule has 16 heavy (non-hydrogen) atoms. The molecule has 1 heterocycles. The first kappa shape index (κ1) is 11.1. The molecule has 0 saturated carbocycles. The Labute approximate surface area is 102 Å². The maximum Gasteiger partial charge on any atom is 0.284 e. The maximum absolute atomic E-state index is 5.56. The number of rotatable bonds is 4. The van der Waals surface area contributed by atoms with E-state index in [2.05, 4.69) is 26.1 Å². The molecule has 0 saturated heterocycles. The smallest absolute Gasteiger partial charge is 0.284 e. The van der Waals surface area contributed by atoms with Gasteiger partial charge in [-0.05, 0) is 24.6 Å². The van der Waals surface area contributed by atoms with Crippen LogP contribution < -0.4 is 4.74 Å². The summed E-state index contributed by atoms with van der Waals surface area (Å²) < 4.78 is 10.7. The molecule has 0 fully saturated rings. The third-order valence-corrected chi connectivity index (χ3v) is 2.34. The summed E-state index contributed by atoms with van der Waals surface area (Å²) in [5, 5.41) is 7.52. The fourth-order valence-corrected chi connectivity index (χ4v) is 1.56. The molecule has 0 unspecified atom stereocenters. The van der Waals surface area contributed by atoms with Crippen LogP contribution in [0.3, 0.4) is 0 Å². The molecule has 1 aromatic heterocycles. The average molecular weight is 283 g/mol. The quantitative estimate of drug-likeness (QED) is 0.865. The highest BCUT2D eigenvalue weighted by Crippen LogP contribution is 2.13. The van der Waals surface area contributed by atoms with Crippen molar-refractivity contribution in [2.75, 3.05) is 6.61 Å². The zero-order valence-corrected chi connectivity index (χ0v) is 10.4. The molecule has 4 nitrogen and oxygen atoms in total. The van der Waals surface area contributed by atoms with Crippen molar-refractivity contribution >= 4 is 15.9 Å². The van der Waals surface area contributed by atoms with E-state index >= 15 is 0 Å². The predicted molar refractivity (Wildman–Crippen MR) is 62.4 cm³/mol. The van der Waals surface area contributed by atoms with Gasteiger partial charge in [0.1, 0.15) is 5.75 Å². The number of hydrogen-bond donors (Lipinski definition) is 0. The first-order valence-corrected chi connectivity index (χ1v) is 5.71. The molecule has 0 radical (unpaired) electrons. The Morgan fingerprint density at radius 1 is 1.38 bits per heavy atom. The second-order valence-corrected chi connectivity index (χ2v) is 4.04. The molecule has 0 N–H and O–H groups in total. The normalized spacial score (nSPS) is 10.4. The van der Waals surface area contributed by atoms with Crippen molar-refractivity contribution in [2.24, 2.45) is 0 Å². The zero-order chi connectivity index (χ0) is 11.4. The van der Waals surface area contributed by atoms with E-state index in [4.69, 9.17) is 9.15 Å². The highest BCUT2D eigenvalue weighted by Gasteiger charge is 2.03. The lowest BCUT2D eigenvalue weighted by molar-refractivity contribution is 0.304. The van der Waals surface area contributed by atoms with Crippen molar-refractivity contribution < 1.29 is 9.15 Å². The van der Waals surface area contributed by atoms with Gasteiger partial charge >= 0.3 is 0 Å². The van der Waals surface area contributed by atoms with Crippen molar-refractivity contribution in [3.63, 3.8) is 0 Å². The van der Waals surface area contributed by atoms with Crippen molar-refractivity contribution in [3.8, 4) is 5.75 Å². The molecular formula is C11H11BrN2O2. The fraction of sp³-hybridized carbons (Fsp3) is 0.273. The molecule has 1 aromatic carbocycles. The Bertz CT molecular complexity index is 471. The van der Waals surface area contributed by atoms with Crippen molar-refractivity contribution in [2.45, 2.75) is 13.3 Å². The van der Waals surface area contributed by atoms with Gasteiger partial charge in [-0.2, -0.15) is 0 Å². The summed E-state index contributed by atoms with van der Waals surface area (Å²) in [5.41, 5.74) is 1.18. The van der Waals surface area contributed by atoms with Gasteiger partial charge in [-0.3, -0.25) is 0 Å². The van der Waals surface area contributed by atoms with Crippen LogP contribution in [0.15, 0.2) is 33.5 Å². The first-order valence-electron chi connectivity index (χ1n) is 4.91. The van der Waals surface area contributed by atoms with Gasteiger partial charge in [-0.25, -0.2) is 0 Å². The van der Waals surface area contributed by atoms with Crippen LogP contribution >= 0.6 is 15.9 Å². The molecule has 2 rings (SSSR count). The van der Waals surface area contributed by atoms with Gasteiger partial charge in [0, 0.05) is 15.9 Å². The van der Waals surface area contributed by atoms with Crippen LogP contribution in [0.25, 0.3) is 0 Å². The van der Waals surface area contributed by atoms with Crippen LogP contribution in [-0.2, 0) is 6.42 Å². The van der Waals surface area contributed by atoms with Crippen LogP contribution in [0.2, 0.25) is 0 Å². The minimum absolute atomic E-state index is 0.401. The summed E-state index contributed by atoms with van der Waals surface area (Å²) in [5.74, 6) is 1.43. The third-order valence-electron chi connectivity index (χ3n) is 2.02. The second-order valence-electron chi connectivity index (χ2n) is 3.36. The topological polar surface area (TPSA) is 48.2 Å². The van der Waals surface area contributed by atoms with Gasteiger partial charge in [0.15, 0.2) is 0 Å². The number of ether oxygens (including phenoxy) is 1. The summed E-state index contributed by atoms with van der Waals surface area (Å²) in [6, 6.07) is 7.91. The molecule has 84 valence electrons. The van der Waals surface area contributed by atoms with Crippen LogP contribution in [0.1, 0.15) is 11.5 Å². The molecular weight excluding hydrogens is 272 g/mol. The standard InChI is InChI=1S/C11H11BrN2O2/c1-8-3-2-4-9(7-8)15-6-5-10-13-14-11(12)16-10/h2-4,7H,5-6H2,1H3. The minimum atomic E-state index is 0.401. The van der Waals surface area contributed by atoms with Crippen molar-refractivity contribution in [1.82, 2.24) is 10.2 Å². The predicted octanol–water partition coefficient (Wildman–Crippen LogP) is 2.76. The number of benzene rings is 1. The van der Waals surface area contributed by atoms with Gasteiger partial charge < -0.3 is 9.15 Å². The molecule has 0 bridgehead atoms. The summed E-state index contributed by atoms with van der Waals surface area (Å²) in [6.45, 7) is 2.56. The average Bonchev–Trinajstić information content (AvgIpc) is 2.64. The number of aromatic nitrogens is 2. The Balaban J connectivity index is 1.84. The lowest BCUT2D eigenvalue weighted by Crippen LogP contribution is -2.01. The fourth-order valence-electron chi connectivity index (χ4n) is 1.30. The maximum atomic E-state index is 5.56. The van der Waals surface area contributed by atoms with E-state index in [1.54, 1.807) is 0 Å². The molecule has 0 spiro atoms. The number of aryl methyl sites for hydroxylation is 1. The van der Waals surface area contributed by atoms with Gasteiger partial charge in [-0.15, -0.1) is 10.2 Å². The summed E-state index contributed by atoms with van der Waals surface area (Å²) >= 11 is 3.10. The number of nitrogens with zero attached hydrogens (tertiary/aromatic N) is 2. The Hall–Kier alpha value is -1.36. The highest BCUT2D eigenvalue weighted by molar-refractivity contribution is 9.10. The van der Waals surface area contributed by atoms with E-state index < -0.39 is 0 Å². The third kappa shape index (κ3) is 3.06. The Morgan fingerprint density at radius 3 is 2.94 bits per heavy atom. The first-order chi connectivity index (χ1) is 7.74. The van der Waals surface area contributed by atoms with Crippen LogP contribution in [-0.4, -0.2) is 16.8 Å². The molecule has 0 atom stereocenters. The van der Waals surface area contributed by atoms with Gasteiger partial charge in [0.2, 0.25) is 5.89 Å². The van der Waals surface area contributed by atoms with Crippen LogP contribution in [0.5, 0.6) is 5.75 Å². The summed E-state index contributed by atoms with van der Waals surface area (Å²) in [7, 11) is 0. The van der Waals surface area contributed by atoms with E-state index in [1.165, 1.54) is 5.56 Å². The zero-order valence-electron chi connectivity index (χ0n) is 8.81. The Morgan fingerprint density at radius 2 is 2.25 bits per heavy atom. The van der Waals surface area contributed by atoms with Gasteiger partial charge in [-0.1, -0.05) is 12.1 Å². The monoisotopic (exact) mass is 282 g/mol. The van der Waals surface area contributed by atoms with Crippen LogP contribution in [0.4, 0.5) is 0 Å². The molecule has 0 amide bonds. The lowest BCUT2D eigenvalue weighted by Gasteiger charge is -2.04. The number of hydrogen-bond acceptors (Lipinski definition) is 4. The molecule has 2 aromatic rings. The van der Waals surface area contributed by atoms with Crippen molar-refractivity contribution in [3.05, 3.63) is 40.5 Å². The second kappa shape index (κ2) is 5.12. The minimum Gasteiger partial charge on any atom is -0.493 e. The van der Waals surface area contributed by atoms with E-state index in [9.17, 15) is 0 Å². The molecule has 0 aliphatic heterocycles.